The van der Waals surface area contributed by atoms with E-state index in [9.17, 15) is 0 Å². The maximum atomic E-state index is 4.00. The summed E-state index contributed by atoms with van der Waals surface area (Å²) in [5.41, 5.74) is 2.71. The Morgan fingerprint density at radius 2 is 1.88 bits per heavy atom. The molecule has 0 spiro atoms. The van der Waals surface area contributed by atoms with Crippen LogP contribution < -0.4 is 6.15 Å². The fourth-order valence-corrected chi connectivity index (χ4v) is 1.71. The third kappa shape index (κ3) is 3.15. The van der Waals surface area contributed by atoms with Gasteiger partial charge < -0.3 is 11.1 Å². The van der Waals surface area contributed by atoms with Gasteiger partial charge in [0.25, 0.3) is 0 Å². The van der Waals surface area contributed by atoms with E-state index in [0.29, 0.717) is 0 Å². The number of fused-ring (bicyclic) bond motifs is 1. The molecule has 0 atom stereocenters. The molecule has 86 valence electrons. The molecule has 0 aliphatic carbocycles. The molecule has 0 unspecified atom stereocenters. The van der Waals surface area contributed by atoms with Gasteiger partial charge in [-0.1, -0.05) is 31.5 Å². The van der Waals surface area contributed by atoms with Gasteiger partial charge >= 0.3 is 0 Å². The minimum absolute atomic E-state index is 0. The Balaban J connectivity index is 0.000000711. The molecule has 0 aliphatic heterocycles. The zero-order valence-electron chi connectivity index (χ0n) is 9.87. The Bertz CT molecular complexity index is 426. The molecule has 2 heteroatoms. The van der Waals surface area contributed by atoms with E-state index in [4.69, 9.17) is 0 Å². The number of hydrogen-bond donors (Lipinski definition) is 2. The van der Waals surface area contributed by atoms with Gasteiger partial charge in [0.15, 0.2) is 0 Å². The van der Waals surface area contributed by atoms with Gasteiger partial charge in [-0.3, -0.25) is 0 Å². The van der Waals surface area contributed by atoms with E-state index < -0.39 is 0 Å². The Hall–Kier alpha value is -1.72. The van der Waals surface area contributed by atoms with Gasteiger partial charge in [-0.2, -0.15) is 0 Å². The lowest BCUT2D eigenvalue weighted by atomic mass is 10.1. The quantitative estimate of drug-likeness (QED) is 0.750. The highest BCUT2D eigenvalue weighted by Gasteiger charge is 2.00. The van der Waals surface area contributed by atoms with Crippen molar-refractivity contribution in [1.82, 2.24) is 11.1 Å². The van der Waals surface area contributed by atoms with Crippen LogP contribution in [0.4, 0.5) is 0 Å². The van der Waals surface area contributed by atoms with Gasteiger partial charge in [-0.05, 0) is 24.5 Å². The van der Waals surface area contributed by atoms with Crippen molar-refractivity contribution in [2.45, 2.75) is 26.2 Å². The number of aromatic amines is 1. The van der Waals surface area contributed by atoms with Crippen LogP contribution in [0.3, 0.4) is 0 Å². The Morgan fingerprint density at radius 3 is 2.56 bits per heavy atom. The van der Waals surface area contributed by atoms with Crippen LogP contribution >= 0.6 is 0 Å². The molecule has 0 radical (unpaired) electrons. The summed E-state index contributed by atoms with van der Waals surface area (Å²) in [4.78, 5) is 3.30. The summed E-state index contributed by atoms with van der Waals surface area (Å²) < 4.78 is 0. The van der Waals surface area contributed by atoms with Gasteiger partial charge in [0.1, 0.15) is 0 Å². The van der Waals surface area contributed by atoms with Crippen molar-refractivity contribution >= 4 is 10.9 Å². The van der Waals surface area contributed by atoms with Crippen LogP contribution in [0.15, 0.2) is 30.5 Å². The molecule has 1 aromatic heterocycles. The van der Waals surface area contributed by atoms with E-state index >= 15 is 0 Å². The molecule has 0 amide bonds. The number of hydrogen-bond acceptors (Lipinski definition) is 1. The minimum atomic E-state index is 0. The molecule has 0 bridgehead atoms. The number of rotatable bonds is 3. The predicted molar refractivity (Wildman–Crippen MR) is 71.8 cm³/mol. The van der Waals surface area contributed by atoms with Gasteiger partial charge in [-0.25, -0.2) is 0 Å². The smallest absolute Gasteiger partial charge is 0.0456 e. The minimum Gasteiger partial charge on any atom is -0.361 e. The van der Waals surface area contributed by atoms with Crippen molar-refractivity contribution in [3.8, 4) is 12.8 Å². The van der Waals surface area contributed by atoms with E-state index in [0.717, 1.165) is 0 Å². The largest absolute Gasteiger partial charge is 0.361 e. The lowest BCUT2D eigenvalue weighted by Gasteiger charge is -1.95. The summed E-state index contributed by atoms with van der Waals surface area (Å²) in [6, 6.07) is 8.50. The molecule has 2 aromatic rings. The standard InChI is InChI=1S/C12H15N.C2H2.H3N/c1-2-3-6-10-9-13-12-8-5-4-7-11(10)12;1-2;/h4-5,7-9,13H,2-3,6H2,1H3;1-2H;1H3. The van der Waals surface area contributed by atoms with E-state index in [-0.39, 0.29) is 6.15 Å². The first-order valence-electron chi connectivity index (χ1n) is 5.30. The van der Waals surface area contributed by atoms with E-state index in [1.807, 2.05) is 0 Å². The van der Waals surface area contributed by atoms with Crippen molar-refractivity contribution in [3.63, 3.8) is 0 Å². The monoisotopic (exact) mass is 216 g/mol. The van der Waals surface area contributed by atoms with Gasteiger partial charge in [0, 0.05) is 17.1 Å². The van der Waals surface area contributed by atoms with E-state index in [1.54, 1.807) is 0 Å². The highest BCUT2D eigenvalue weighted by molar-refractivity contribution is 5.82. The number of H-pyrrole nitrogens is 1. The van der Waals surface area contributed by atoms with Crippen molar-refractivity contribution in [3.05, 3.63) is 36.0 Å². The molecular weight excluding hydrogens is 196 g/mol. The first-order chi connectivity index (χ1) is 7.42. The highest BCUT2D eigenvalue weighted by atomic mass is 14.7. The molecule has 1 heterocycles. The number of unbranched alkanes of at least 4 members (excludes halogenated alkanes) is 1. The van der Waals surface area contributed by atoms with Gasteiger partial charge in [0.05, 0.1) is 0 Å². The van der Waals surface area contributed by atoms with Crippen LogP contribution in [0.25, 0.3) is 10.9 Å². The van der Waals surface area contributed by atoms with Crippen LogP contribution in [-0.4, -0.2) is 4.98 Å². The fourth-order valence-electron chi connectivity index (χ4n) is 1.71. The number of terminal acetylenes is 1. The lowest BCUT2D eigenvalue weighted by Crippen LogP contribution is -1.80. The van der Waals surface area contributed by atoms with Crippen molar-refractivity contribution in [2.24, 2.45) is 0 Å². The van der Waals surface area contributed by atoms with Crippen LogP contribution in [0.5, 0.6) is 0 Å². The zero-order chi connectivity index (χ0) is 11.1. The van der Waals surface area contributed by atoms with Crippen LogP contribution in [0.2, 0.25) is 0 Å². The normalized spacial score (nSPS) is 8.94. The second-order valence-corrected chi connectivity index (χ2v) is 3.46. The third-order valence-corrected chi connectivity index (χ3v) is 2.47. The molecule has 2 nitrogen and oxygen atoms in total. The molecule has 1 aromatic carbocycles. The van der Waals surface area contributed by atoms with Gasteiger partial charge in [-0.15, -0.1) is 12.8 Å². The summed E-state index contributed by atoms with van der Waals surface area (Å²) in [6.07, 6.45) is 13.9. The third-order valence-electron chi connectivity index (χ3n) is 2.47. The topological polar surface area (TPSA) is 50.8 Å². The Labute approximate surface area is 97.7 Å². The summed E-state index contributed by atoms with van der Waals surface area (Å²) in [6.45, 7) is 2.23. The first-order valence-corrected chi connectivity index (χ1v) is 5.30. The summed E-state index contributed by atoms with van der Waals surface area (Å²) in [5, 5.41) is 1.39. The second kappa shape index (κ2) is 7.56. The van der Waals surface area contributed by atoms with Crippen molar-refractivity contribution in [1.29, 1.82) is 0 Å². The summed E-state index contributed by atoms with van der Waals surface area (Å²) >= 11 is 0. The fraction of sp³-hybridized carbons (Fsp3) is 0.286. The number of aromatic nitrogens is 1. The zero-order valence-corrected chi connectivity index (χ0v) is 9.87. The average molecular weight is 216 g/mol. The highest BCUT2D eigenvalue weighted by Crippen LogP contribution is 2.19. The molecule has 16 heavy (non-hydrogen) atoms. The molecule has 0 fully saturated rings. The van der Waals surface area contributed by atoms with Gasteiger partial charge in [0.2, 0.25) is 0 Å². The van der Waals surface area contributed by atoms with E-state index in [1.165, 1.54) is 35.7 Å². The summed E-state index contributed by atoms with van der Waals surface area (Å²) in [5.74, 6) is 0. The SMILES string of the molecule is C#C.CCCCc1c[nH]c2ccccc12.N. The Kier molecular flexibility index (Phi) is 6.74. The van der Waals surface area contributed by atoms with Crippen LogP contribution in [-0.2, 0) is 6.42 Å². The number of para-hydroxylation sites is 1. The van der Waals surface area contributed by atoms with Crippen LogP contribution in [0.1, 0.15) is 25.3 Å². The van der Waals surface area contributed by atoms with E-state index in [2.05, 4.69) is 55.2 Å². The predicted octanol–water partition coefficient (Wildman–Crippen LogP) is 3.92. The molecule has 0 saturated heterocycles. The van der Waals surface area contributed by atoms with Crippen molar-refractivity contribution < 1.29 is 0 Å². The molecule has 4 N–H and O–H groups in total. The number of benzene rings is 1. The molecule has 0 aliphatic rings. The van der Waals surface area contributed by atoms with Crippen molar-refractivity contribution in [2.75, 3.05) is 0 Å². The number of aryl methyl sites for hydroxylation is 1. The Morgan fingerprint density at radius 1 is 1.19 bits per heavy atom. The maximum absolute atomic E-state index is 4.00. The molecule has 2 rings (SSSR count). The second-order valence-electron chi connectivity index (χ2n) is 3.46. The van der Waals surface area contributed by atoms with Crippen LogP contribution in [0, 0.1) is 12.8 Å². The molecular formula is C14H20N2. The number of nitrogens with one attached hydrogen (secondary N) is 1. The lowest BCUT2D eigenvalue weighted by molar-refractivity contribution is 0.799. The average Bonchev–Trinajstić information content (AvgIpc) is 2.72. The molecule has 0 saturated carbocycles. The maximum Gasteiger partial charge on any atom is 0.0456 e. The summed E-state index contributed by atoms with van der Waals surface area (Å²) in [7, 11) is 0. The first kappa shape index (κ1) is 14.3.